The number of hydrogen-bond acceptors (Lipinski definition) is 7. The van der Waals surface area contributed by atoms with Crippen molar-refractivity contribution in [3.63, 3.8) is 0 Å². The molecule has 3 aromatic heterocycles. The second kappa shape index (κ2) is 14.1. The number of nitrogens with zero attached hydrogens (tertiary/aromatic N) is 4. The number of amides is 2. The summed E-state index contributed by atoms with van der Waals surface area (Å²) in [6.45, 7) is 0.270. The number of anilines is 2. The second-order valence-electron chi connectivity index (χ2n) is 11.8. The van der Waals surface area contributed by atoms with E-state index in [4.69, 9.17) is 20.8 Å². The summed E-state index contributed by atoms with van der Waals surface area (Å²) in [5.74, 6) is -0.540. The molecule has 0 bridgehead atoms. The summed E-state index contributed by atoms with van der Waals surface area (Å²) in [5.41, 5.74) is 13.8. The van der Waals surface area contributed by atoms with Gasteiger partial charge in [0.15, 0.2) is 11.5 Å². The Balaban J connectivity index is 1.14. The zero-order valence-corrected chi connectivity index (χ0v) is 27.2. The van der Waals surface area contributed by atoms with Crippen LogP contribution >= 0.6 is 0 Å². The molecule has 5 N–H and O–H groups in total. The highest BCUT2D eigenvalue weighted by Crippen LogP contribution is 2.32. The molecule has 0 unspecified atom stereocenters. The fourth-order valence-electron chi connectivity index (χ4n) is 5.74. The lowest BCUT2D eigenvalue weighted by atomic mass is 10.1. The van der Waals surface area contributed by atoms with Crippen molar-refractivity contribution in [2.45, 2.75) is 13.0 Å². The van der Waals surface area contributed by atoms with Crippen molar-refractivity contribution in [3.05, 3.63) is 156 Å². The Labute approximate surface area is 292 Å². The predicted octanol–water partition coefficient (Wildman–Crippen LogP) is 6.54. The van der Waals surface area contributed by atoms with E-state index in [-0.39, 0.29) is 24.8 Å². The van der Waals surface area contributed by atoms with Gasteiger partial charge in [0.05, 0.1) is 12.0 Å². The number of nitrogens with one attached hydrogen (secondary N) is 2. The van der Waals surface area contributed by atoms with Gasteiger partial charge in [-0.1, -0.05) is 54.6 Å². The number of fused-ring (bicyclic) bond motifs is 1. The third kappa shape index (κ3) is 7.18. The first-order valence-electron chi connectivity index (χ1n) is 16.1. The van der Waals surface area contributed by atoms with Crippen molar-refractivity contribution in [3.8, 4) is 28.2 Å². The minimum absolute atomic E-state index is 0.155. The zero-order chi connectivity index (χ0) is 35.3. The number of hydrogen-bond donors (Lipinski definition) is 4. The number of aliphatic carboxylic acids is 1. The average molecular weight is 674 g/mol. The Bertz CT molecular complexity index is 2390. The van der Waals surface area contributed by atoms with Crippen LogP contribution in [-0.2, 0) is 17.8 Å². The maximum Gasteiger partial charge on any atom is 0.307 e. The summed E-state index contributed by atoms with van der Waals surface area (Å²) in [6, 6.07) is 36.5. The standard InChI is InChI=1S/C40H31N7O4/c41-36-33(10-5-19-42-36)37-46-34-22-30(27-13-15-31(16-14-27)45-40(51)28-7-2-1-3-8-28)24-43-38(34)47(37)32-17-11-25(12-18-32)23-44-39(50)29-9-4-6-26(20-29)21-35(48)49/h1-20,22,24H,21,23H2,(H2,41,42)(H,44,50)(H,45,51)(H,48,49). The molecular formula is C40H31N7O4. The van der Waals surface area contributed by atoms with E-state index in [1.165, 1.54) is 0 Å². The maximum absolute atomic E-state index is 12.8. The summed E-state index contributed by atoms with van der Waals surface area (Å²) >= 11 is 0. The minimum Gasteiger partial charge on any atom is -0.481 e. The molecule has 0 atom stereocenters. The third-order valence-corrected chi connectivity index (χ3v) is 8.28. The Kier molecular flexibility index (Phi) is 8.99. The Morgan fingerprint density at radius 2 is 1.49 bits per heavy atom. The van der Waals surface area contributed by atoms with Crippen LogP contribution in [-0.4, -0.2) is 42.4 Å². The lowest BCUT2D eigenvalue weighted by Gasteiger charge is -2.12. The van der Waals surface area contributed by atoms with Gasteiger partial charge in [-0.15, -0.1) is 0 Å². The van der Waals surface area contributed by atoms with Gasteiger partial charge < -0.3 is 21.5 Å². The van der Waals surface area contributed by atoms with Gasteiger partial charge in [0, 0.05) is 47.0 Å². The lowest BCUT2D eigenvalue weighted by Crippen LogP contribution is -2.23. The Morgan fingerprint density at radius 1 is 0.725 bits per heavy atom. The van der Waals surface area contributed by atoms with Gasteiger partial charge in [0.1, 0.15) is 11.3 Å². The van der Waals surface area contributed by atoms with Crippen molar-refractivity contribution < 1.29 is 19.5 Å². The van der Waals surface area contributed by atoms with E-state index < -0.39 is 5.97 Å². The molecule has 3 heterocycles. The van der Waals surface area contributed by atoms with Crippen LogP contribution in [0.15, 0.2) is 134 Å². The zero-order valence-electron chi connectivity index (χ0n) is 27.2. The number of aromatic nitrogens is 4. The molecule has 7 aromatic rings. The maximum atomic E-state index is 12.8. The topological polar surface area (TPSA) is 165 Å². The van der Waals surface area contributed by atoms with Crippen molar-refractivity contribution in [2.75, 3.05) is 11.1 Å². The SMILES string of the molecule is Nc1ncccc1-c1nc2cc(-c3ccc(NC(=O)c4ccccc4)cc3)cnc2n1-c1ccc(CNC(=O)c2cccc(CC(=O)O)c2)cc1. The van der Waals surface area contributed by atoms with Crippen LogP contribution in [0.1, 0.15) is 31.8 Å². The molecule has 51 heavy (non-hydrogen) atoms. The van der Waals surface area contributed by atoms with Gasteiger partial charge in [-0.2, -0.15) is 0 Å². The van der Waals surface area contributed by atoms with Gasteiger partial charge in [-0.3, -0.25) is 19.0 Å². The third-order valence-electron chi connectivity index (χ3n) is 8.28. The molecule has 0 aliphatic heterocycles. The molecule has 0 fully saturated rings. The number of carbonyl (C=O) groups is 3. The summed E-state index contributed by atoms with van der Waals surface area (Å²) < 4.78 is 1.92. The average Bonchev–Trinajstić information content (AvgIpc) is 3.53. The van der Waals surface area contributed by atoms with E-state index in [1.54, 1.807) is 54.9 Å². The van der Waals surface area contributed by atoms with E-state index in [0.717, 1.165) is 22.4 Å². The normalized spacial score (nSPS) is 10.9. The van der Waals surface area contributed by atoms with Crippen LogP contribution in [0.2, 0.25) is 0 Å². The summed E-state index contributed by atoms with van der Waals surface area (Å²) in [7, 11) is 0. The highest BCUT2D eigenvalue weighted by atomic mass is 16.4. The molecule has 11 nitrogen and oxygen atoms in total. The first kappa shape index (κ1) is 32.4. The molecule has 7 rings (SSSR count). The molecule has 11 heteroatoms. The summed E-state index contributed by atoms with van der Waals surface area (Å²) in [5, 5.41) is 14.9. The van der Waals surface area contributed by atoms with Gasteiger partial charge in [-0.25, -0.2) is 15.0 Å². The van der Waals surface area contributed by atoms with Crippen LogP contribution < -0.4 is 16.4 Å². The van der Waals surface area contributed by atoms with Crippen LogP contribution in [0.5, 0.6) is 0 Å². The van der Waals surface area contributed by atoms with E-state index >= 15 is 0 Å². The summed E-state index contributed by atoms with van der Waals surface area (Å²) in [4.78, 5) is 50.6. The number of carbonyl (C=O) groups excluding carboxylic acids is 2. The smallest absolute Gasteiger partial charge is 0.307 e. The highest BCUT2D eigenvalue weighted by Gasteiger charge is 2.19. The number of rotatable bonds is 10. The van der Waals surface area contributed by atoms with Crippen molar-refractivity contribution in [1.82, 2.24) is 24.8 Å². The number of imidazole rings is 1. The number of carboxylic acid groups (broad SMARTS) is 1. The van der Waals surface area contributed by atoms with Crippen LogP contribution in [0.4, 0.5) is 11.5 Å². The summed E-state index contributed by atoms with van der Waals surface area (Å²) in [6.07, 6.45) is 3.25. The molecule has 0 aliphatic carbocycles. The fraction of sp³-hybridized carbons (Fsp3) is 0.0500. The van der Waals surface area contributed by atoms with Crippen LogP contribution in [0.25, 0.3) is 39.4 Å². The monoisotopic (exact) mass is 673 g/mol. The quantitative estimate of drug-likeness (QED) is 0.127. The van der Waals surface area contributed by atoms with Crippen molar-refractivity contribution in [2.24, 2.45) is 0 Å². The van der Waals surface area contributed by atoms with E-state index in [9.17, 15) is 14.4 Å². The van der Waals surface area contributed by atoms with Crippen molar-refractivity contribution >= 4 is 40.5 Å². The molecule has 0 saturated heterocycles. The molecule has 2 amide bonds. The predicted molar refractivity (Wildman–Crippen MR) is 195 cm³/mol. The van der Waals surface area contributed by atoms with Gasteiger partial charge in [0.2, 0.25) is 0 Å². The first-order valence-corrected chi connectivity index (χ1v) is 16.1. The Hall–Kier alpha value is -7.14. The first-order chi connectivity index (χ1) is 24.8. The van der Waals surface area contributed by atoms with Gasteiger partial charge in [-0.05, 0) is 83.4 Å². The van der Waals surface area contributed by atoms with Crippen LogP contribution in [0.3, 0.4) is 0 Å². The molecular weight excluding hydrogens is 642 g/mol. The fourth-order valence-corrected chi connectivity index (χ4v) is 5.74. The lowest BCUT2D eigenvalue weighted by molar-refractivity contribution is -0.136. The molecule has 0 spiro atoms. The van der Waals surface area contributed by atoms with E-state index in [0.29, 0.717) is 50.7 Å². The highest BCUT2D eigenvalue weighted by molar-refractivity contribution is 6.04. The molecule has 0 saturated carbocycles. The molecule has 0 radical (unpaired) electrons. The Morgan fingerprint density at radius 3 is 2.24 bits per heavy atom. The van der Waals surface area contributed by atoms with Gasteiger partial charge >= 0.3 is 5.97 Å². The molecule has 4 aromatic carbocycles. The number of nitrogen functional groups attached to an aromatic ring is 1. The van der Waals surface area contributed by atoms with Gasteiger partial charge in [0.25, 0.3) is 11.8 Å². The number of benzene rings is 4. The van der Waals surface area contributed by atoms with Crippen molar-refractivity contribution in [1.29, 1.82) is 0 Å². The van der Waals surface area contributed by atoms with E-state index in [2.05, 4.69) is 15.6 Å². The number of carboxylic acids is 1. The molecule has 0 aliphatic rings. The largest absolute Gasteiger partial charge is 0.481 e. The second-order valence-corrected chi connectivity index (χ2v) is 11.8. The van der Waals surface area contributed by atoms with E-state index in [1.807, 2.05) is 83.4 Å². The van der Waals surface area contributed by atoms with Crippen LogP contribution in [0, 0.1) is 0 Å². The number of pyridine rings is 2. The molecule has 250 valence electrons. The minimum atomic E-state index is -0.958. The number of nitrogens with two attached hydrogens (primary N) is 1.